The molecule has 1 heterocycles. The van der Waals surface area contributed by atoms with Gasteiger partial charge in [-0.15, -0.1) is 24.0 Å². The number of furan rings is 1. The third-order valence-electron chi connectivity index (χ3n) is 4.78. The van der Waals surface area contributed by atoms with Gasteiger partial charge in [0.25, 0.3) is 5.91 Å². The van der Waals surface area contributed by atoms with E-state index in [2.05, 4.69) is 69.5 Å². The van der Waals surface area contributed by atoms with E-state index in [0.29, 0.717) is 30.7 Å². The van der Waals surface area contributed by atoms with E-state index in [4.69, 9.17) is 4.42 Å². The van der Waals surface area contributed by atoms with Gasteiger partial charge in [0.15, 0.2) is 11.7 Å². The smallest absolute Gasteiger partial charge is 0.287 e. The molecule has 1 aromatic heterocycles. The molecule has 1 unspecified atom stereocenters. The van der Waals surface area contributed by atoms with Gasteiger partial charge < -0.3 is 20.4 Å². The Morgan fingerprint density at radius 3 is 2.23 bits per heavy atom. The lowest BCUT2D eigenvalue weighted by Crippen LogP contribution is -2.43. The van der Waals surface area contributed by atoms with E-state index in [1.807, 2.05) is 12.1 Å². The molecule has 0 aliphatic rings. The van der Waals surface area contributed by atoms with Gasteiger partial charge in [0, 0.05) is 32.6 Å². The number of hydrogen-bond donors (Lipinski definition) is 3. The topological polar surface area (TPSA) is 78.7 Å². The van der Waals surface area contributed by atoms with Gasteiger partial charge >= 0.3 is 0 Å². The number of rotatable bonds is 9. The van der Waals surface area contributed by atoms with Crippen LogP contribution in [-0.2, 0) is 6.42 Å². The molecular weight excluding hydrogens is 503 g/mol. The molecule has 0 saturated carbocycles. The van der Waals surface area contributed by atoms with Crippen LogP contribution in [-0.4, -0.2) is 38.5 Å². The third-order valence-corrected chi connectivity index (χ3v) is 4.78. The lowest BCUT2D eigenvalue weighted by molar-refractivity contribution is 0.0926. The first-order valence-corrected chi connectivity index (χ1v) is 10.1. The summed E-state index contributed by atoms with van der Waals surface area (Å²) in [6.07, 6.45) is 2.42. The molecule has 0 aliphatic heterocycles. The molecule has 0 bridgehead atoms. The first-order chi connectivity index (χ1) is 14.8. The second kappa shape index (κ2) is 13.5. The lowest BCUT2D eigenvalue weighted by Gasteiger charge is -2.20. The Bertz CT molecular complexity index is 915. The van der Waals surface area contributed by atoms with Crippen LogP contribution < -0.4 is 16.0 Å². The minimum Gasteiger partial charge on any atom is -0.459 e. The highest BCUT2D eigenvalue weighted by Crippen LogP contribution is 2.20. The highest BCUT2D eigenvalue weighted by molar-refractivity contribution is 14.0. The van der Waals surface area contributed by atoms with Crippen molar-refractivity contribution in [2.24, 2.45) is 4.99 Å². The van der Waals surface area contributed by atoms with Crippen molar-refractivity contribution in [1.82, 2.24) is 16.0 Å². The first kappa shape index (κ1) is 24.5. The second-order valence-electron chi connectivity index (χ2n) is 6.91. The van der Waals surface area contributed by atoms with Crippen molar-refractivity contribution in [1.29, 1.82) is 0 Å². The molecule has 0 spiro atoms. The maximum Gasteiger partial charge on any atom is 0.287 e. The van der Waals surface area contributed by atoms with Crippen molar-refractivity contribution in [2.75, 3.05) is 26.7 Å². The molecule has 0 aliphatic carbocycles. The number of aliphatic imine (C=N–C) groups is 1. The lowest BCUT2D eigenvalue weighted by atomic mass is 9.92. The van der Waals surface area contributed by atoms with Crippen LogP contribution >= 0.6 is 24.0 Å². The van der Waals surface area contributed by atoms with Gasteiger partial charge in [-0.25, -0.2) is 0 Å². The number of amides is 1. The van der Waals surface area contributed by atoms with Gasteiger partial charge in [0.2, 0.25) is 0 Å². The molecule has 1 amide bonds. The molecule has 3 rings (SSSR count). The number of nitrogens with zero attached hydrogens (tertiary/aromatic N) is 1. The first-order valence-electron chi connectivity index (χ1n) is 10.1. The quantitative estimate of drug-likeness (QED) is 0.170. The molecule has 3 N–H and O–H groups in total. The summed E-state index contributed by atoms with van der Waals surface area (Å²) in [6.45, 7) is 1.77. The second-order valence-corrected chi connectivity index (χ2v) is 6.91. The summed E-state index contributed by atoms with van der Waals surface area (Å²) in [7, 11) is 1.74. The molecule has 0 radical (unpaired) electrons. The summed E-state index contributed by atoms with van der Waals surface area (Å²) in [4.78, 5) is 16.2. The number of hydrogen-bond acceptors (Lipinski definition) is 3. The normalized spacial score (nSPS) is 11.8. The van der Waals surface area contributed by atoms with Crippen molar-refractivity contribution >= 4 is 35.8 Å². The van der Waals surface area contributed by atoms with Gasteiger partial charge in [0.05, 0.1) is 6.26 Å². The summed E-state index contributed by atoms with van der Waals surface area (Å²) in [5, 5.41) is 9.46. The third kappa shape index (κ3) is 8.09. The van der Waals surface area contributed by atoms with E-state index in [0.717, 1.165) is 13.0 Å². The average Bonchev–Trinajstić information content (AvgIpc) is 3.34. The van der Waals surface area contributed by atoms with Crippen LogP contribution in [0.2, 0.25) is 0 Å². The minimum atomic E-state index is -0.225. The summed E-state index contributed by atoms with van der Waals surface area (Å²) >= 11 is 0. The van der Waals surface area contributed by atoms with Crippen molar-refractivity contribution < 1.29 is 9.21 Å². The van der Waals surface area contributed by atoms with Crippen LogP contribution in [0, 0.1) is 0 Å². The van der Waals surface area contributed by atoms with Crippen LogP contribution in [0.3, 0.4) is 0 Å². The standard InChI is InChI=1S/C24H28N4O2.HI/c1-25-24(27-15-14-26-23(29)22-13-8-16-30-22)28-18-21(20-11-6-3-7-12-20)17-19-9-4-2-5-10-19;/h2-13,16,21H,14-15,17-18H2,1H3,(H,26,29)(H2,25,27,28);1H. The Balaban J connectivity index is 0.00000341. The van der Waals surface area contributed by atoms with Crippen molar-refractivity contribution in [2.45, 2.75) is 12.3 Å². The maximum absolute atomic E-state index is 11.9. The number of benzene rings is 2. The summed E-state index contributed by atoms with van der Waals surface area (Å²) in [5.74, 6) is 1.10. The van der Waals surface area contributed by atoms with Gasteiger partial charge in [-0.3, -0.25) is 9.79 Å². The highest BCUT2D eigenvalue weighted by Gasteiger charge is 2.13. The van der Waals surface area contributed by atoms with Gasteiger partial charge in [-0.05, 0) is 29.7 Å². The molecule has 3 aromatic rings. The molecule has 6 nitrogen and oxygen atoms in total. The molecule has 164 valence electrons. The number of carbonyl (C=O) groups excluding carboxylic acids is 1. The van der Waals surface area contributed by atoms with E-state index in [1.54, 1.807) is 19.2 Å². The van der Waals surface area contributed by atoms with Crippen LogP contribution in [0.25, 0.3) is 0 Å². The highest BCUT2D eigenvalue weighted by atomic mass is 127. The Morgan fingerprint density at radius 1 is 0.903 bits per heavy atom. The van der Waals surface area contributed by atoms with Crippen LogP contribution in [0.15, 0.2) is 88.5 Å². The fourth-order valence-corrected chi connectivity index (χ4v) is 3.22. The Kier molecular flexibility index (Phi) is 10.6. The fraction of sp³-hybridized carbons (Fsp3) is 0.250. The van der Waals surface area contributed by atoms with Crippen LogP contribution in [0.5, 0.6) is 0 Å². The zero-order valence-corrected chi connectivity index (χ0v) is 19.9. The molecule has 0 fully saturated rings. The average molecular weight is 532 g/mol. The summed E-state index contributed by atoms with van der Waals surface area (Å²) < 4.78 is 5.08. The van der Waals surface area contributed by atoms with E-state index in [-0.39, 0.29) is 29.9 Å². The molecule has 2 aromatic carbocycles. The molecule has 31 heavy (non-hydrogen) atoms. The zero-order valence-electron chi connectivity index (χ0n) is 17.6. The summed E-state index contributed by atoms with van der Waals surface area (Å²) in [5.41, 5.74) is 2.59. The number of carbonyl (C=O) groups is 1. The molecule has 1 atom stereocenters. The number of guanidine groups is 1. The van der Waals surface area contributed by atoms with Crippen molar-refractivity contribution in [3.63, 3.8) is 0 Å². The zero-order chi connectivity index (χ0) is 21.0. The monoisotopic (exact) mass is 532 g/mol. The predicted octanol–water partition coefficient (Wildman–Crippen LogP) is 3.82. The van der Waals surface area contributed by atoms with Gasteiger partial charge in [-0.1, -0.05) is 60.7 Å². The largest absolute Gasteiger partial charge is 0.459 e. The van der Waals surface area contributed by atoms with Crippen LogP contribution in [0.1, 0.15) is 27.6 Å². The molecule has 0 saturated heterocycles. The fourth-order valence-electron chi connectivity index (χ4n) is 3.22. The van der Waals surface area contributed by atoms with Crippen molar-refractivity contribution in [3.05, 3.63) is 95.9 Å². The van der Waals surface area contributed by atoms with E-state index < -0.39 is 0 Å². The predicted molar refractivity (Wildman–Crippen MR) is 135 cm³/mol. The van der Waals surface area contributed by atoms with Crippen molar-refractivity contribution in [3.8, 4) is 0 Å². The van der Waals surface area contributed by atoms with E-state index >= 15 is 0 Å². The molecular formula is C24H29IN4O2. The minimum absolute atomic E-state index is 0. The summed E-state index contributed by atoms with van der Waals surface area (Å²) in [6, 6.07) is 24.3. The maximum atomic E-state index is 11.9. The Hall–Kier alpha value is -2.81. The van der Waals surface area contributed by atoms with E-state index in [1.165, 1.54) is 17.4 Å². The number of halogens is 1. The number of nitrogens with one attached hydrogen (secondary N) is 3. The SMILES string of the molecule is CN=C(NCCNC(=O)c1ccco1)NCC(Cc1ccccc1)c1ccccc1.I. The Labute approximate surface area is 200 Å². The van der Waals surface area contributed by atoms with E-state index in [9.17, 15) is 4.79 Å². The van der Waals surface area contributed by atoms with Gasteiger partial charge in [0.1, 0.15) is 0 Å². The molecule has 7 heteroatoms. The van der Waals surface area contributed by atoms with Gasteiger partial charge in [-0.2, -0.15) is 0 Å². The van der Waals surface area contributed by atoms with Crippen LogP contribution in [0.4, 0.5) is 0 Å². The Morgan fingerprint density at radius 2 is 1.58 bits per heavy atom.